The van der Waals surface area contributed by atoms with E-state index in [4.69, 9.17) is 41.8 Å². The summed E-state index contributed by atoms with van der Waals surface area (Å²) in [5, 5.41) is 10.0. The molecule has 5 aromatic carbocycles. The van der Waals surface area contributed by atoms with Crippen molar-refractivity contribution in [3.05, 3.63) is 168 Å². The van der Waals surface area contributed by atoms with Crippen molar-refractivity contribution in [3.63, 3.8) is 0 Å². The van der Waals surface area contributed by atoms with Gasteiger partial charge in [0.1, 0.15) is 11.6 Å². The number of carbonyl (C=O) groups excluding carboxylic acids is 2. The second-order valence-electron chi connectivity index (χ2n) is 34.1. The number of carbonyl (C=O) groups is 2. The normalized spacial score (nSPS) is 26.2. The molecule has 5 aromatic rings. The minimum absolute atomic E-state index is 0. The summed E-state index contributed by atoms with van der Waals surface area (Å²) >= 11 is 0. The van der Waals surface area contributed by atoms with Gasteiger partial charge in [0.05, 0.1) is 73.4 Å². The number of Topliss-reactive ketones (excluding diaryl/α,β-unsaturated/α-hetero) is 2. The van der Waals surface area contributed by atoms with Gasteiger partial charge in [-0.3, -0.25) is 9.59 Å². The van der Waals surface area contributed by atoms with E-state index in [1.807, 2.05) is 13.0 Å². The Morgan fingerprint density at radius 1 is 0.432 bits per heavy atom. The van der Waals surface area contributed by atoms with Gasteiger partial charge in [-0.1, -0.05) is 99.6 Å². The smallest absolute Gasteiger partial charge is 0.504 e. The molecule has 118 heavy (non-hydrogen) atoms. The predicted octanol–water partition coefficient (Wildman–Crippen LogP) is 24.1. The third-order valence-corrected chi connectivity index (χ3v) is 28.8. The summed E-state index contributed by atoms with van der Waals surface area (Å²) in [6.07, 6.45) is 39.6. The van der Waals surface area contributed by atoms with Crippen LogP contribution in [0.4, 0.5) is 0 Å². The summed E-state index contributed by atoms with van der Waals surface area (Å²) in [6, 6.07) is 21.2. The Kier molecular flexibility index (Phi) is 46.8. The quantitative estimate of drug-likeness (QED) is 0.0411. The molecule has 10 aliphatic rings. The van der Waals surface area contributed by atoms with Gasteiger partial charge in [-0.05, 0) is 341 Å². The molecule has 20 atom stereocenters. The van der Waals surface area contributed by atoms with Crippen LogP contribution in [0.25, 0.3) is 0 Å². The van der Waals surface area contributed by atoms with Crippen LogP contribution in [0.15, 0.2) is 98.1 Å². The van der Waals surface area contributed by atoms with Gasteiger partial charge in [-0.15, -0.1) is 25.8 Å². The van der Waals surface area contributed by atoms with Gasteiger partial charge in [-0.2, -0.15) is 12.8 Å². The van der Waals surface area contributed by atoms with Gasteiger partial charge in [0.2, 0.25) is 0 Å². The minimum Gasteiger partial charge on any atom is -0.504 e. The second kappa shape index (κ2) is 52.8. The van der Waals surface area contributed by atoms with Crippen LogP contribution in [-0.4, -0.2) is 52.2 Å². The van der Waals surface area contributed by atoms with Crippen molar-refractivity contribution in [1.82, 2.24) is 0 Å². The zero-order valence-electron chi connectivity index (χ0n) is 74.2. The summed E-state index contributed by atoms with van der Waals surface area (Å²) in [5.74, 6) is 18.4. The van der Waals surface area contributed by atoms with Crippen molar-refractivity contribution in [2.24, 2.45) is 65.1 Å². The molecular weight excluding hydrogens is 1610 g/mol. The van der Waals surface area contributed by atoms with Gasteiger partial charge in [0, 0.05) is 56.9 Å². The Balaban J connectivity index is 0.000000255. The van der Waals surface area contributed by atoms with Gasteiger partial charge in [0.15, 0.2) is 57.5 Å². The molecular formula is C100H150LiO12P4Y-. The largest absolute Gasteiger partial charge is 1.00 e. The molecule has 18 heteroatoms. The number of benzene rings is 5. The van der Waals surface area contributed by atoms with Crippen LogP contribution in [0, 0.1) is 78.9 Å². The van der Waals surface area contributed by atoms with Crippen LogP contribution in [-0.2, 0) is 74.4 Å². The second-order valence-corrected chi connectivity index (χ2v) is 35.0. The summed E-state index contributed by atoms with van der Waals surface area (Å²) in [6.45, 7) is 35.0. The average Bonchev–Trinajstić information content (AvgIpc) is 0.798. The van der Waals surface area contributed by atoms with Crippen LogP contribution in [0.5, 0.6) is 57.5 Å². The molecule has 5 saturated carbocycles. The number of aryl methyl sites for hydroxylation is 5. The number of rotatable bonds is 17. The number of unbranched alkanes of at least 4 members (excludes halogenated alkanes) is 3. The average molecular weight is 1760 g/mol. The molecule has 0 aromatic heterocycles. The molecule has 0 saturated heterocycles. The zero-order valence-corrected chi connectivity index (χ0v) is 81.7. The van der Waals surface area contributed by atoms with Gasteiger partial charge in [0.25, 0.3) is 0 Å². The van der Waals surface area contributed by atoms with E-state index in [1.165, 1.54) is 165 Å². The zero-order chi connectivity index (χ0) is 83.6. The number of aromatic hydroxyl groups is 1. The number of hydrogen-bond acceptors (Lipinski definition) is 12. The Labute approximate surface area is 762 Å². The number of phenols is 1. The first kappa shape index (κ1) is 105. The first-order valence-electron chi connectivity index (χ1n) is 43.9. The van der Waals surface area contributed by atoms with E-state index in [-0.39, 0.29) is 76.8 Å². The monoisotopic (exact) mass is 1760 g/mol. The molecule has 0 aliphatic heterocycles. The van der Waals surface area contributed by atoms with Crippen molar-refractivity contribution in [3.8, 4) is 57.5 Å². The molecule has 5 fully saturated rings. The third kappa shape index (κ3) is 25.5. The maximum atomic E-state index is 12.4. The standard InChI is InChI=1S/C20H31O2P.C20H30O2.C19H26O2P.C16H21O3P.C15H19O3P.C4H9.C3H6.C2H4.CH4.Li.Y/c1-4-5-6-15-13(2)7-9-17-16(15)10-8-14-11-20(22-23)19(21-3)12-18(14)17;1-4-5-6-15-13(2)7-9-17-16(15)10-8-14-11-19(21)20(22-3)12-18(14)17;1-4-5-14-12(2)6-8-16-15(14)9-7-13-10-19(21-22)18(20-3)11-17(13)16;1-9-3-5-11-12(16(9)17)6-4-10-7-15(19-20)14(18-2)8-13(10)11;1-17-14-8-12-9(7-15(14)18-19)5-6-11-10(12)3-2-4-13(11)16;1-3-4-2;1-3-2;1-2;;;/h11-13,15-17H,4-10,23H2,1-3H3;11-13,15-17,21H,4-10H2,1-3H3;5,10-12,15-16H,1,4,6-9,22H2,2-3H3;7-9,11-12H,3-6,20H2,1-2H3;7-8,10-11H,2-6,19H2,1H3;1,3-4H2,2H3;3H,1H2,2H3;1-2H2;1H4;;/q;;-1;;;-1;;;;+1;/b;;14-5+;;;;;;;;. The molecule has 0 bridgehead atoms. The minimum atomic E-state index is 0. The fourth-order valence-corrected chi connectivity index (χ4v) is 22.6. The number of ether oxygens (including phenoxy) is 5. The van der Waals surface area contributed by atoms with Crippen molar-refractivity contribution < 1.29 is 108 Å². The van der Waals surface area contributed by atoms with Crippen LogP contribution < -0.4 is 60.6 Å². The molecule has 647 valence electrons. The van der Waals surface area contributed by atoms with Crippen LogP contribution in [0.3, 0.4) is 0 Å². The van der Waals surface area contributed by atoms with E-state index in [0.29, 0.717) is 58.6 Å². The molecule has 0 amide bonds. The third-order valence-electron chi connectivity index (χ3n) is 27.8. The first-order valence-corrected chi connectivity index (χ1v) is 45.8. The van der Waals surface area contributed by atoms with Crippen molar-refractivity contribution in [2.75, 3.05) is 35.5 Å². The molecule has 15 rings (SSSR count). The maximum absolute atomic E-state index is 12.4. The maximum Gasteiger partial charge on any atom is 1.00 e. The molecule has 20 unspecified atom stereocenters. The van der Waals surface area contributed by atoms with E-state index in [1.54, 1.807) is 47.2 Å². The van der Waals surface area contributed by atoms with E-state index in [9.17, 15) is 14.7 Å². The van der Waals surface area contributed by atoms with E-state index < -0.39 is 0 Å². The topological polar surface area (TPSA) is 137 Å². The van der Waals surface area contributed by atoms with Gasteiger partial charge >= 0.3 is 18.9 Å². The Hall–Kier alpha value is -3.92. The fourth-order valence-electron chi connectivity index (χ4n) is 21.9. The summed E-state index contributed by atoms with van der Waals surface area (Å²) in [4.78, 5) is 24.4. The van der Waals surface area contributed by atoms with Gasteiger partial charge < -0.3 is 60.7 Å². The van der Waals surface area contributed by atoms with Crippen molar-refractivity contribution in [1.29, 1.82) is 0 Å². The number of methoxy groups -OCH3 is 5. The Morgan fingerprint density at radius 2 is 0.763 bits per heavy atom. The predicted molar refractivity (Wildman–Crippen MR) is 496 cm³/mol. The van der Waals surface area contributed by atoms with E-state index in [0.717, 1.165) is 171 Å². The van der Waals surface area contributed by atoms with Crippen molar-refractivity contribution >= 4 is 49.4 Å². The Morgan fingerprint density at radius 3 is 1.14 bits per heavy atom. The number of ketones is 2. The summed E-state index contributed by atoms with van der Waals surface area (Å²) in [5.41, 5.74) is 15.6. The molecule has 0 spiro atoms. The molecule has 1 radical (unpaired) electrons. The summed E-state index contributed by atoms with van der Waals surface area (Å²) in [7, 11) is 17.6. The summed E-state index contributed by atoms with van der Waals surface area (Å²) < 4.78 is 48.6. The molecule has 10 aliphatic carbocycles. The van der Waals surface area contributed by atoms with Crippen LogP contribution in [0.2, 0.25) is 0 Å². The number of hydrogen-bond donors (Lipinski definition) is 1. The SMILES string of the molecule is C.C=C.C=CC.CCCCC1C(C)CCC2c3cc(OC)c(O)cc3CCC21.CCCCC1C(C)CCC2c3cc(OC)c(OP)cc3CCC21.COc1cc2c(cc1OP)CCC1C(=O)C(C)CCC21.COc1cc2c(cc1OP)CCC1C(=O)CCCC21.[CH2-]C/C=C1\C(C)CCC2c3cc(OC)c(OP)cc3CCC12.[CH2-]CCC.[Li+].[Y]. The van der Waals surface area contributed by atoms with Crippen LogP contribution in [0.1, 0.15) is 309 Å². The molecule has 12 nitrogen and oxygen atoms in total. The number of allylic oxidation sites excluding steroid dienone is 3. The van der Waals surface area contributed by atoms with E-state index >= 15 is 0 Å². The van der Waals surface area contributed by atoms with Gasteiger partial charge in [-0.25, -0.2) is 0 Å². The molecule has 1 N–H and O–H groups in total. The number of phenolic OH excluding ortho intramolecular Hbond substituents is 1. The van der Waals surface area contributed by atoms with E-state index in [2.05, 4.69) is 181 Å². The number of fused-ring (bicyclic) bond motifs is 15. The molecule has 0 heterocycles. The fraction of sp³-hybridized carbons (Fsp3) is 0.600. The van der Waals surface area contributed by atoms with Crippen LogP contribution >= 0.6 is 37.9 Å². The Bertz CT molecular complexity index is 3960. The van der Waals surface area contributed by atoms with Crippen molar-refractivity contribution in [2.45, 2.75) is 285 Å². The first-order chi connectivity index (χ1) is 55.8.